The number of rotatable bonds is 2. The quantitative estimate of drug-likeness (QED) is 0.666. The van der Waals surface area contributed by atoms with Crippen molar-refractivity contribution in [3.05, 3.63) is 23.8 Å². The molecule has 0 amide bonds. The van der Waals surface area contributed by atoms with Gasteiger partial charge in [-0.3, -0.25) is 0 Å². The molecule has 1 atom stereocenters. The molecule has 0 aromatic carbocycles. The lowest BCUT2D eigenvalue weighted by Gasteiger charge is -2.16. The molecule has 0 spiro atoms. The van der Waals surface area contributed by atoms with Gasteiger partial charge in [0, 0.05) is 6.08 Å². The van der Waals surface area contributed by atoms with E-state index in [4.69, 9.17) is 5.11 Å². The number of carboxylic acids is 1. The average molecular weight is 182 g/mol. The number of hydrogen-bond acceptors (Lipinski definition) is 1. The summed E-state index contributed by atoms with van der Waals surface area (Å²) in [5.74, 6) is -0.169. The van der Waals surface area contributed by atoms with E-state index < -0.39 is 5.97 Å². The molecule has 74 valence electrons. The monoisotopic (exact) mass is 182 g/mol. The highest BCUT2D eigenvalue weighted by atomic mass is 16.4. The molecule has 0 fully saturated rings. The summed E-state index contributed by atoms with van der Waals surface area (Å²) in [5, 5.41) is 8.40. The van der Waals surface area contributed by atoms with Crippen LogP contribution in [0.3, 0.4) is 0 Å². The van der Waals surface area contributed by atoms with Crippen LogP contribution in [0, 0.1) is 5.92 Å². The molecule has 2 heteroatoms. The van der Waals surface area contributed by atoms with Gasteiger partial charge in [0.15, 0.2) is 0 Å². The lowest BCUT2D eigenvalue weighted by Crippen LogP contribution is -2.01. The maximum atomic E-state index is 10.2. The highest BCUT2D eigenvalue weighted by Gasteiger charge is 2.08. The van der Waals surface area contributed by atoms with Crippen molar-refractivity contribution in [1.29, 1.82) is 0 Å². The topological polar surface area (TPSA) is 37.3 Å². The van der Waals surface area contributed by atoms with Crippen molar-refractivity contribution < 1.29 is 9.90 Å². The normalized spacial score (nSPS) is 22.2. The molecule has 0 bridgehead atoms. The Balaban J connectivity index is 0.00000144. The summed E-state index contributed by atoms with van der Waals surface area (Å²) in [6, 6.07) is 0. The van der Waals surface area contributed by atoms with Crippen LogP contribution in [0.4, 0.5) is 0 Å². The Bertz CT molecular complexity index is 226. The number of carboxylic acid groups (broad SMARTS) is 1. The fourth-order valence-electron chi connectivity index (χ4n) is 1.46. The van der Waals surface area contributed by atoms with E-state index in [1.54, 1.807) is 6.08 Å². The molecule has 0 radical (unpaired) electrons. The molecular formula is C11H18O2. The molecule has 0 aromatic rings. The third-order valence-corrected chi connectivity index (χ3v) is 2.09. The lowest BCUT2D eigenvalue weighted by molar-refractivity contribution is -0.131. The fourth-order valence-corrected chi connectivity index (χ4v) is 1.46. The van der Waals surface area contributed by atoms with Crippen molar-refractivity contribution in [1.82, 2.24) is 0 Å². The molecule has 0 aromatic heterocycles. The van der Waals surface area contributed by atoms with Gasteiger partial charge in [-0.1, -0.05) is 32.1 Å². The zero-order chi connectivity index (χ0) is 8.97. The highest BCUT2D eigenvalue weighted by Crippen LogP contribution is 2.23. The van der Waals surface area contributed by atoms with E-state index in [2.05, 4.69) is 13.0 Å². The predicted octanol–water partition coefficient (Wildman–Crippen LogP) is 3.01. The molecule has 1 aliphatic rings. The summed E-state index contributed by atoms with van der Waals surface area (Å²) in [4.78, 5) is 10.2. The Labute approximate surface area is 80.0 Å². The van der Waals surface area contributed by atoms with E-state index >= 15 is 0 Å². The Morgan fingerprint density at radius 3 is 2.92 bits per heavy atom. The van der Waals surface area contributed by atoms with Crippen LogP contribution in [-0.2, 0) is 4.79 Å². The maximum absolute atomic E-state index is 10.2. The van der Waals surface area contributed by atoms with Crippen LogP contribution in [0.5, 0.6) is 0 Å². The van der Waals surface area contributed by atoms with Gasteiger partial charge < -0.3 is 5.11 Å². The van der Waals surface area contributed by atoms with E-state index in [9.17, 15) is 4.79 Å². The van der Waals surface area contributed by atoms with Gasteiger partial charge in [-0.2, -0.15) is 0 Å². The van der Waals surface area contributed by atoms with Gasteiger partial charge in [-0.05, 0) is 25.2 Å². The average Bonchev–Trinajstić information content (AvgIpc) is 2.01. The summed E-state index contributed by atoms with van der Waals surface area (Å²) >= 11 is 0. The first-order valence-electron chi connectivity index (χ1n) is 4.28. The van der Waals surface area contributed by atoms with Crippen molar-refractivity contribution in [2.24, 2.45) is 5.92 Å². The minimum Gasteiger partial charge on any atom is -0.478 e. The van der Waals surface area contributed by atoms with Crippen LogP contribution in [0.25, 0.3) is 0 Å². The van der Waals surface area contributed by atoms with Gasteiger partial charge in [-0.15, -0.1) is 0 Å². The third kappa shape index (κ3) is 4.51. The van der Waals surface area contributed by atoms with Crippen LogP contribution in [0.1, 0.15) is 33.6 Å². The second-order valence-electron chi connectivity index (χ2n) is 3.34. The van der Waals surface area contributed by atoms with Gasteiger partial charge in [0.05, 0.1) is 0 Å². The molecule has 13 heavy (non-hydrogen) atoms. The summed E-state index contributed by atoms with van der Waals surface area (Å²) in [5.41, 5.74) is 1.16. The molecule has 0 saturated heterocycles. The van der Waals surface area contributed by atoms with Gasteiger partial charge in [0.1, 0.15) is 0 Å². The molecular weight excluding hydrogens is 164 g/mol. The summed E-state index contributed by atoms with van der Waals surface area (Å²) in [6.07, 6.45) is 8.37. The molecule has 0 saturated carbocycles. The van der Waals surface area contributed by atoms with Gasteiger partial charge in [-0.25, -0.2) is 4.79 Å². The molecule has 1 unspecified atom stereocenters. The Kier molecular flexibility index (Phi) is 5.12. The van der Waals surface area contributed by atoms with Gasteiger partial charge in [0.25, 0.3) is 0 Å². The maximum Gasteiger partial charge on any atom is 0.328 e. The number of aliphatic carboxylic acids is 1. The summed E-state index contributed by atoms with van der Waals surface area (Å²) in [7, 11) is 0. The molecule has 1 rings (SSSR count). The van der Waals surface area contributed by atoms with Crippen LogP contribution in [-0.4, -0.2) is 11.1 Å². The minimum absolute atomic E-state index is 0. The summed E-state index contributed by atoms with van der Waals surface area (Å²) in [6.45, 7) is 2.20. The van der Waals surface area contributed by atoms with Gasteiger partial charge >= 0.3 is 5.97 Å². The molecule has 1 N–H and O–H groups in total. The standard InChI is InChI=1S/C10H14O2.CH4/c1-8-3-2-4-9(7-8)5-6-10(11)12;/h4-6,8H,2-3,7H2,1H3,(H,11,12);1H4/b6-5+;. The summed E-state index contributed by atoms with van der Waals surface area (Å²) < 4.78 is 0. The highest BCUT2D eigenvalue weighted by molar-refractivity contribution is 5.80. The second kappa shape index (κ2) is 5.57. The van der Waals surface area contributed by atoms with Crippen molar-refractivity contribution in [3.8, 4) is 0 Å². The number of allylic oxidation sites excluding steroid dienone is 3. The first kappa shape index (κ1) is 11.9. The largest absolute Gasteiger partial charge is 0.478 e. The Morgan fingerprint density at radius 1 is 1.69 bits per heavy atom. The van der Waals surface area contributed by atoms with Gasteiger partial charge in [0.2, 0.25) is 0 Å². The van der Waals surface area contributed by atoms with Crippen LogP contribution in [0.15, 0.2) is 23.8 Å². The number of carbonyl (C=O) groups is 1. The smallest absolute Gasteiger partial charge is 0.328 e. The molecule has 0 heterocycles. The molecule has 2 nitrogen and oxygen atoms in total. The van der Waals surface area contributed by atoms with E-state index in [0.29, 0.717) is 5.92 Å². The second-order valence-corrected chi connectivity index (χ2v) is 3.34. The first-order valence-corrected chi connectivity index (χ1v) is 4.28. The zero-order valence-corrected chi connectivity index (χ0v) is 7.29. The third-order valence-electron chi connectivity index (χ3n) is 2.09. The van der Waals surface area contributed by atoms with Crippen molar-refractivity contribution >= 4 is 5.97 Å². The van der Waals surface area contributed by atoms with Crippen LogP contribution in [0.2, 0.25) is 0 Å². The van der Waals surface area contributed by atoms with E-state index in [1.807, 2.05) is 0 Å². The van der Waals surface area contributed by atoms with Crippen LogP contribution < -0.4 is 0 Å². The van der Waals surface area contributed by atoms with Crippen molar-refractivity contribution in [3.63, 3.8) is 0 Å². The van der Waals surface area contributed by atoms with Crippen molar-refractivity contribution in [2.45, 2.75) is 33.6 Å². The molecule has 0 aliphatic heterocycles. The van der Waals surface area contributed by atoms with Crippen LogP contribution >= 0.6 is 0 Å². The van der Waals surface area contributed by atoms with Crippen molar-refractivity contribution in [2.75, 3.05) is 0 Å². The zero-order valence-electron chi connectivity index (χ0n) is 7.29. The lowest BCUT2D eigenvalue weighted by atomic mass is 9.90. The first-order chi connectivity index (χ1) is 5.68. The number of hydrogen-bond donors (Lipinski definition) is 1. The predicted molar refractivity (Wildman–Crippen MR) is 54.6 cm³/mol. The van der Waals surface area contributed by atoms with E-state index in [1.165, 1.54) is 12.5 Å². The fraction of sp³-hybridized carbons (Fsp3) is 0.545. The Hall–Kier alpha value is -1.05. The molecule has 1 aliphatic carbocycles. The van der Waals surface area contributed by atoms with E-state index in [-0.39, 0.29) is 7.43 Å². The Morgan fingerprint density at radius 2 is 2.38 bits per heavy atom. The SMILES string of the molecule is C.CC1CCC=C(/C=C/C(=O)O)C1. The van der Waals surface area contributed by atoms with E-state index in [0.717, 1.165) is 18.4 Å². The minimum atomic E-state index is -0.867.